The van der Waals surface area contributed by atoms with Crippen LogP contribution >= 0.6 is 0 Å². The number of likely N-dealkylation sites (N-methyl/N-ethyl adjacent to an activating group) is 1. The van der Waals surface area contributed by atoms with Gasteiger partial charge >= 0.3 is 0 Å². The van der Waals surface area contributed by atoms with E-state index in [-0.39, 0.29) is 6.04 Å². The van der Waals surface area contributed by atoms with Crippen molar-refractivity contribution in [3.8, 4) is 0 Å². The van der Waals surface area contributed by atoms with Crippen molar-refractivity contribution in [1.82, 2.24) is 4.90 Å². The van der Waals surface area contributed by atoms with Crippen LogP contribution in [0.4, 0.5) is 0 Å². The van der Waals surface area contributed by atoms with Gasteiger partial charge in [0.15, 0.2) is 0 Å². The lowest BCUT2D eigenvalue weighted by Gasteiger charge is -2.35. The van der Waals surface area contributed by atoms with Crippen LogP contribution in [0, 0.1) is 5.92 Å². The maximum Gasteiger partial charge on any atom is 0.0424 e. The van der Waals surface area contributed by atoms with Gasteiger partial charge in [-0.05, 0) is 43.4 Å². The molecule has 2 nitrogen and oxygen atoms in total. The number of hydrogen-bond donors (Lipinski definition) is 1. The van der Waals surface area contributed by atoms with Gasteiger partial charge in [0.05, 0.1) is 0 Å². The predicted molar refractivity (Wildman–Crippen MR) is 86.8 cm³/mol. The third-order valence-electron chi connectivity index (χ3n) is 4.83. The molecule has 2 rings (SSSR count). The molecule has 1 fully saturated rings. The van der Waals surface area contributed by atoms with Crippen LogP contribution in [0.15, 0.2) is 24.3 Å². The van der Waals surface area contributed by atoms with E-state index in [4.69, 9.17) is 5.73 Å². The van der Waals surface area contributed by atoms with Gasteiger partial charge in [0, 0.05) is 18.6 Å². The van der Waals surface area contributed by atoms with Crippen molar-refractivity contribution < 1.29 is 0 Å². The first kappa shape index (κ1) is 15.5. The van der Waals surface area contributed by atoms with Crippen molar-refractivity contribution in [3.05, 3.63) is 35.4 Å². The number of benzene rings is 1. The molecule has 112 valence electrons. The molecular formula is C18H30N2. The summed E-state index contributed by atoms with van der Waals surface area (Å²) in [6, 6.07) is 9.65. The minimum Gasteiger partial charge on any atom is -0.323 e. The topological polar surface area (TPSA) is 29.3 Å². The number of aryl methyl sites for hydroxylation is 1. The van der Waals surface area contributed by atoms with E-state index in [0.717, 1.165) is 24.9 Å². The molecule has 2 heteroatoms. The summed E-state index contributed by atoms with van der Waals surface area (Å²) in [6.07, 6.45) is 6.53. The normalized spacial score (nSPS) is 24.9. The quantitative estimate of drug-likeness (QED) is 0.886. The second kappa shape index (κ2) is 7.24. The van der Waals surface area contributed by atoms with Gasteiger partial charge in [0.25, 0.3) is 0 Å². The molecule has 1 aliphatic carbocycles. The highest BCUT2D eigenvalue weighted by atomic mass is 15.1. The lowest BCUT2D eigenvalue weighted by Crippen LogP contribution is -2.39. The molecule has 1 aromatic rings. The smallest absolute Gasteiger partial charge is 0.0424 e. The van der Waals surface area contributed by atoms with Crippen molar-refractivity contribution in [3.63, 3.8) is 0 Å². The molecule has 1 aliphatic rings. The van der Waals surface area contributed by atoms with Crippen LogP contribution < -0.4 is 5.73 Å². The second-order valence-electron chi connectivity index (χ2n) is 6.57. The summed E-state index contributed by atoms with van der Waals surface area (Å²) in [7, 11) is 2.24. The Morgan fingerprint density at radius 1 is 1.25 bits per heavy atom. The Hall–Kier alpha value is -0.860. The highest BCUT2D eigenvalue weighted by Crippen LogP contribution is 2.27. The lowest BCUT2D eigenvalue weighted by atomic mass is 9.86. The molecule has 0 aromatic heterocycles. The summed E-state index contributed by atoms with van der Waals surface area (Å²) >= 11 is 0. The standard InChI is InChI=1S/C18H30N2/c1-4-15-8-10-16(11-9-15)18(19)13-20(3)17-7-5-6-14(2)12-17/h8-11,14,17-18H,4-7,12-13,19H2,1-3H3. The zero-order valence-electron chi connectivity index (χ0n) is 13.3. The molecule has 1 aromatic carbocycles. The Morgan fingerprint density at radius 2 is 1.95 bits per heavy atom. The zero-order chi connectivity index (χ0) is 14.5. The van der Waals surface area contributed by atoms with Crippen LogP contribution in [0.1, 0.15) is 56.7 Å². The third-order valence-corrected chi connectivity index (χ3v) is 4.83. The molecule has 2 N–H and O–H groups in total. The van der Waals surface area contributed by atoms with Crippen molar-refractivity contribution in [2.45, 2.75) is 58.0 Å². The minimum absolute atomic E-state index is 0.128. The van der Waals surface area contributed by atoms with E-state index in [1.54, 1.807) is 0 Å². The van der Waals surface area contributed by atoms with E-state index < -0.39 is 0 Å². The largest absolute Gasteiger partial charge is 0.323 e. The molecule has 0 heterocycles. The Balaban J connectivity index is 1.90. The molecule has 0 saturated heterocycles. The molecule has 0 radical (unpaired) electrons. The Labute approximate surface area is 124 Å². The van der Waals surface area contributed by atoms with E-state index >= 15 is 0 Å². The van der Waals surface area contributed by atoms with Crippen LogP contribution in [-0.2, 0) is 6.42 Å². The van der Waals surface area contributed by atoms with Gasteiger partial charge < -0.3 is 10.6 Å². The summed E-state index contributed by atoms with van der Waals surface area (Å²) < 4.78 is 0. The monoisotopic (exact) mass is 274 g/mol. The summed E-state index contributed by atoms with van der Waals surface area (Å²) in [5.74, 6) is 0.872. The number of rotatable bonds is 5. The van der Waals surface area contributed by atoms with Gasteiger partial charge in [0.1, 0.15) is 0 Å². The fourth-order valence-electron chi connectivity index (χ4n) is 3.37. The Morgan fingerprint density at radius 3 is 2.55 bits per heavy atom. The fraction of sp³-hybridized carbons (Fsp3) is 0.667. The predicted octanol–water partition coefficient (Wildman–Crippen LogP) is 3.76. The first-order valence-electron chi connectivity index (χ1n) is 8.14. The average molecular weight is 274 g/mol. The summed E-state index contributed by atoms with van der Waals surface area (Å²) in [5, 5.41) is 0. The van der Waals surface area contributed by atoms with Gasteiger partial charge in [0.2, 0.25) is 0 Å². The summed E-state index contributed by atoms with van der Waals surface area (Å²) in [4.78, 5) is 2.48. The van der Waals surface area contributed by atoms with Gasteiger partial charge in [-0.2, -0.15) is 0 Å². The first-order valence-corrected chi connectivity index (χ1v) is 8.14. The van der Waals surface area contributed by atoms with Crippen LogP contribution in [0.3, 0.4) is 0 Å². The third kappa shape index (κ3) is 4.07. The van der Waals surface area contributed by atoms with Gasteiger partial charge in [-0.3, -0.25) is 0 Å². The second-order valence-corrected chi connectivity index (χ2v) is 6.57. The summed E-state index contributed by atoms with van der Waals surface area (Å²) in [6.45, 7) is 5.53. The van der Waals surface area contributed by atoms with Crippen LogP contribution in [0.2, 0.25) is 0 Å². The molecule has 0 amide bonds. The molecule has 0 spiro atoms. The Bertz CT molecular complexity index is 398. The highest BCUT2D eigenvalue weighted by Gasteiger charge is 2.23. The maximum absolute atomic E-state index is 6.39. The molecule has 3 unspecified atom stereocenters. The molecule has 1 saturated carbocycles. The SMILES string of the molecule is CCc1ccc(C(N)CN(C)C2CCCC(C)C2)cc1. The van der Waals surface area contributed by atoms with Crippen molar-refractivity contribution in [1.29, 1.82) is 0 Å². The van der Waals surface area contributed by atoms with Gasteiger partial charge in [-0.1, -0.05) is 51.0 Å². The minimum atomic E-state index is 0.128. The van der Waals surface area contributed by atoms with Crippen LogP contribution in [0.5, 0.6) is 0 Å². The van der Waals surface area contributed by atoms with Gasteiger partial charge in [-0.15, -0.1) is 0 Å². The molecular weight excluding hydrogens is 244 g/mol. The zero-order valence-corrected chi connectivity index (χ0v) is 13.3. The van der Waals surface area contributed by atoms with E-state index in [9.17, 15) is 0 Å². The van der Waals surface area contributed by atoms with Crippen molar-refractivity contribution in [2.75, 3.05) is 13.6 Å². The van der Waals surface area contributed by atoms with E-state index in [1.807, 2.05) is 0 Å². The van der Waals surface area contributed by atoms with Crippen LogP contribution in [0.25, 0.3) is 0 Å². The van der Waals surface area contributed by atoms with E-state index in [2.05, 4.69) is 50.1 Å². The Kier molecular flexibility index (Phi) is 5.62. The molecule has 0 bridgehead atoms. The number of nitrogens with zero attached hydrogens (tertiary/aromatic N) is 1. The number of hydrogen-bond acceptors (Lipinski definition) is 2. The highest BCUT2D eigenvalue weighted by molar-refractivity contribution is 5.25. The first-order chi connectivity index (χ1) is 9.60. The van der Waals surface area contributed by atoms with Crippen LogP contribution in [-0.4, -0.2) is 24.5 Å². The maximum atomic E-state index is 6.39. The summed E-state index contributed by atoms with van der Waals surface area (Å²) in [5.41, 5.74) is 9.03. The molecule has 0 aliphatic heterocycles. The van der Waals surface area contributed by atoms with Crippen molar-refractivity contribution >= 4 is 0 Å². The van der Waals surface area contributed by atoms with Gasteiger partial charge in [-0.25, -0.2) is 0 Å². The fourth-order valence-corrected chi connectivity index (χ4v) is 3.37. The average Bonchev–Trinajstić information content (AvgIpc) is 2.47. The van der Waals surface area contributed by atoms with E-state index in [0.29, 0.717) is 0 Å². The van der Waals surface area contributed by atoms with E-state index in [1.165, 1.54) is 36.8 Å². The lowest BCUT2D eigenvalue weighted by molar-refractivity contribution is 0.157. The number of nitrogens with two attached hydrogens (primary N) is 1. The molecule has 3 atom stereocenters. The van der Waals surface area contributed by atoms with Crippen molar-refractivity contribution in [2.24, 2.45) is 11.7 Å². The molecule has 20 heavy (non-hydrogen) atoms.